The fourth-order valence-corrected chi connectivity index (χ4v) is 2.10. The highest BCUT2D eigenvalue weighted by Crippen LogP contribution is 2.16. The third-order valence-electron chi connectivity index (χ3n) is 2.80. The van der Waals surface area contributed by atoms with Gasteiger partial charge in [0, 0.05) is 23.6 Å². The molecular formula is C13H19NO2S. The van der Waals surface area contributed by atoms with E-state index < -0.39 is 0 Å². The Hall–Kier alpha value is -1.13. The summed E-state index contributed by atoms with van der Waals surface area (Å²) in [5.41, 5.74) is 1.18. The Kier molecular flexibility index (Phi) is 5.38. The largest absolute Gasteiger partial charge is 0.396 e. The Morgan fingerprint density at radius 1 is 1.59 bits per heavy atom. The monoisotopic (exact) mass is 253 g/mol. The van der Waals surface area contributed by atoms with Crippen molar-refractivity contribution in [1.82, 2.24) is 5.32 Å². The van der Waals surface area contributed by atoms with Crippen molar-refractivity contribution in [3.05, 3.63) is 28.0 Å². The molecule has 2 unspecified atom stereocenters. The van der Waals surface area contributed by atoms with Gasteiger partial charge in [-0.15, -0.1) is 11.3 Å². The quantitative estimate of drug-likeness (QED) is 0.790. The van der Waals surface area contributed by atoms with Gasteiger partial charge in [0.05, 0.1) is 0 Å². The van der Waals surface area contributed by atoms with E-state index in [0.29, 0.717) is 0 Å². The Morgan fingerprint density at radius 3 is 2.82 bits per heavy atom. The van der Waals surface area contributed by atoms with Crippen molar-refractivity contribution in [1.29, 1.82) is 0 Å². The smallest absolute Gasteiger partial charge is 0.244 e. The number of rotatable bonds is 5. The van der Waals surface area contributed by atoms with Gasteiger partial charge in [-0.2, -0.15) is 0 Å². The Balaban J connectivity index is 2.50. The van der Waals surface area contributed by atoms with Crippen molar-refractivity contribution in [2.75, 3.05) is 6.61 Å². The predicted molar refractivity (Wildman–Crippen MR) is 71.9 cm³/mol. The van der Waals surface area contributed by atoms with Gasteiger partial charge in [-0.25, -0.2) is 0 Å². The Morgan fingerprint density at radius 2 is 2.29 bits per heavy atom. The molecule has 0 saturated heterocycles. The molecule has 2 atom stereocenters. The molecule has 0 spiro atoms. The van der Waals surface area contributed by atoms with Gasteiger partial charge in [0.2, 0.25) is 5.91 Å². The van der Waals surface area contributed by atoms with Crippen molar-refractivity contribution in [2.45, 2.75) is 26.8 Å². The lowest BCUT2D eigenvalue weighted by atomic mass is 10.1. The van der Waals surface area contributed by atoms with Crippen LogP contribution in [0.4, 0.5) is 0 Å². The zero-order valence-corrected chi connectivity index (χ0v) is 11.3. The number of nitrogens with one attached hydrogen (secondary N) is 1. The van der Waals surface area contributed by atoms with Gasteiger partial charge in [-0.05, 0) is 42.9 Å². The molecular weight excluding hydrogens is 234 g/mol. The molecule has 1 amide bonds. The molecule has 1 rings (SSSR count). The van der Waals surface area contributed by atoms with E-state index in [1.54, 1.807) is 17.4 Å². The molecule has 1 heterocycles. The molecule has 1 aromatic heterocycles. The fraction of sp³-hybridized carbons (Fsp3) is 0.462. The van der Waals surface area contributed by atoms with Gasteiger partial charge >= 0.3 is 0 Å². The number of aliphatic hydroxyl groups excluding tert-OH is 1. The minimum absolute atomic E-state index is 0.0263. The number of thiophene rings is 1. The summed E-state index contributed by atoms with van der Waals surface area (Å²) >= 11 is 1.61. The number of hydrogen-bond donors (Lipinski definition) is 2. The van der Waals surface area contributed by atoms with Crippen LogP contribution in [0, 0.1) is 12.8 Å². The average molecular weight is 253 g/mol. The number of aliphatic hydroxyl groups is 1. The molecule has 2 N–H and O–H groups in total. The van der Waals surface area contributed by atoms with Crippen molar-refractivity contribution in [3.8, 4) is 0 Å². The van der Waals surface area contributed by atoms with Gasteiger partial charge in [0.1, 0.15) is 0 Å². The summed E-state index contributed by atoms with van der Waals surface area (Å²) in [6, 6.07) is 2.00. The third-order valence-corrected chi connectivity index (χ3v) is 3.78. The topological polar surface area (TPSA) is 49.3 Å². The standard InChI is InChI=1S/C13H19NO2S/c1-9-6-7-17-12(9)4-5-13(16)14-11(3)10(2)8-15/h4-7,10-11,15H,8H2,1-3H3,(H,14,16)/b5-4+. The van der Waals surface area contributed by atoms with Crippen LogP contribution in [0.2, 0.25) is 0 Å². The fourth-order valence-electron chi connectivity index (χ4n) is 1.28. The second-order valence-electron chi connectivity index (χ2n) is 4.26. The van der Waals surface area contributed by atoms with Crippen LogP contribution in [0.3, 0.4) is 0 Å². The number of aryl methyl sites for hydroxylation is 1. The maximum atomic E-state index is 11.6. The normalized spacial score (nSPS) is 14.8. The lowest BCUT2D eigenvalue weighted by Gasteiger charge is -2.17. The molecule has 1 aromatic rings. The molecule has 0 fully saturated rings. The molecule has 0 aliphatic rings. The highest BCUT2D eigenvalue weighted by molar-refractivity contribution is 7.11. The first-order valence-electron chi connectivity index (χ1n) is 5.68. The second-order valence-corrected chi connectivity index (χ2v) is 5.21. The summed E-state index contributed by atoms with van der Waals surface area (Å²) in [6.45, 7) is 5.89. The first kappa shape index (κ1) is 13.9. The van der Waals surface area contributed by atoms with E-state index >= 15 is 0 Å². The van der Waals surface area contributed by atoms with Crippen LogP contribution in [0.5, 0.6) is 0 Å². The van der Waals surface area contributed by atoms with Crippen molar-refractivity contribution in [2.24, 2.45) is 5.92 Å². The average Bonchev–Trinajstić information content (AvgIpc) is 2.71. The molecule has 94 valence electrons. The first-order chi connectivity index (χ1) is 8.04. The van der Waals surface area contributed by atoms with Gasteiger partial charge in [-0.3, -0.25) is 4.79 Å². The summed E-state index contributed by atoms with van der Waals surface area (Å²) in [6.07, 6.45) is 3.37. The molecule has 0 saturated carbocycles. The second kappa shape index (κ2) is 6.57. The molecule has 4 heteroatoms. The van der Waals surface area contributed by atoms with Crippen LogP contribution in [-0.2, 0) is 4.79 Å². The molecule has 0 radical (unpaired) electrons. The molecule has 0 bridgehead atoms. The maximum absolute atomic E-state index is 11.6. The Labute approximate surface area is 106 Å². The first-order valence-corrected chi connectivity index (χ1v) is 6.56. The van der Waals surface area contributed by atoms with E-state index in [1.807, 2.05) is 38.3 Å². The van der Waals surface area contributed by atoms with Crippen LogP contribution in [-0.4, -0.2) is 23.7 Å². The van der Waals surface area contributed by atoms with E-state index in [2.05, 4.69) is 5.32 Å². The van der Waals surface area contributed by atoms with Crippen LogP contribution in [0.1, 0.15) is 24.3 Å². The third kappa shape index (κ3) is 4.32. The zero-order valence-electron chi connectivity index (χ0n) is 10.4. The lowest BCUT2D eigenvalue weighted by Crippen LogP contribution is -2.37. The number of carbonyl (C=O) groups excluding carboxylic acids is 1. The lowest BCUT2D eigenvalue weighted by molar-refractivity contribution is -0.117. The minimum atomic E-state index is -0.120. The van der Waals surface area contributed by atoms with Crippen LogP contribution >= 0.6 is 11.3 Å². The number of amides is 1. The van der Waals surface area contributed by atoms with Crippen molar-refractivity contribution in [3.63, 3.8) is 0 Å². The SMILES string of the molecule is Cc1ccsc1/C=C/C(=O)NC(C)C(C)CO. The van der Waals surface area contributed by atoms with Crippen molar-refractivity contribution < 1.29 is 9.90 Å². The molecule has 0 aliphatic heterocycles. The molecule has 17 heavy (non-hydrogen) atoms. The summed E-state index contributed by atoms with van der Waals surface area (Å²) < 4.78 is 0. The van der Waals surface area contributed by atoms with Crippen LogP contribution in [0.15, 0.2) is 17.5 Å². The molecule has 0 aromatic carbocycles. The predicted octanol–water partition coefficient (Wildman–Crippen LogP) is 2.20. The summed E-state index contributed by atoms with van der Waals surface area (Å²) in [5.74, 6) is -0.0542. The summed E-state index contributed by atoms with van der Waals surface area (Å²) in [7, 11) is 0. The van der Waals surface area contributed by atoms with Gasteiger partial charge in [0.25, 0.3) is 0 Å². The van der Waals surface area contributed by atoms with Gasteiger partial charge in [0.15, 0.2) is 0 Å². The van der Waals surface area contributed by atoms with E-state index in [0.717, 1.165) is 4.88 Å². The Bertz CT molecular complexity index is 398. The van der Waals surface area contributed by atoms with Gasteiger partial charge < -0.3 is 10.4 Å². The van der Waals surface area contributed by atoms with E-state index in [4.69, 9.17) is 5.11 Å². The van der Waals surface area contributed by atoms with Crippen LogP contribution in [0.25, 0.3) is 6.08 Å². The summed E-state index contributed by atoms with van der Waals surface area (Å²) in [4.78, 5) is 12.7. The van der Waals surface area contributed by atoms with Crippen LogP contribution < -0.4 is 5.32 Å². The molecule has 0 aliphatic carbocycles. The highest BCUT2D eigenvalue weighted by atomic mass is 32.1. The highest BCUT2D eigenvalue weighted by Gasteiger charge is 2.12. The van der Waals surface area contributed by atoms with E-state index in [-0.39, 0.29) is 24.5 Å². The van der Waals surface area contributed by atoms with Gasteiger partial charge in [-0.1, -0.05) is 6.92 Å². The summed E-state index contributed by atoms with van der Waals surface area (Å²) in [5, 5.41) is 13.8. The zero-order chi connectivity index (χ0) is 12.8. The number of carbonyl (C=O) groups is 1. The van der Waals surface area contributed by atoms with E-state index in [1.165, 1.54) is 5.56 Å². The van der Waals surface area contributed by atoms with E-state index in [9.17, 15) is 4.79 Å². The maximum Gasteiger partial charge on any atom is 0.244 e. The number of hydrogen-bond acceptors (Lipinski definition) is 3. The van der Waals surface area contributed by atoms with Crippen molar-refractivity contribution >= 4 is 23.3 Å². The molecule has 3 nitrogen and oxygen atoms in total. The minimum Gasteiger partial charge on any atom is -0.396 e.